The number of phenols is 1. The van der Waals surface area contributed by atoms with Gasteiger partial charge in [0.2, 0.25) is 0 Å². The minimum atomic E-state index is 0.452. The first-order valence-corrected chi connectivity index (χ1v) is 9.07. The average Bonchev–Trinajstić information content (AvgIpc) is 2.54. The van der Waals surface area contributed by atoms with E-state index in [4.69, 9.17) is 0 Å². The van der Waals surface area contributed by atoms with Crippen LogP contribution in [0.3, 0.4) is 0 Å². The molecular weight excluding hydrogens is 289 g/mol. The molecule has 0 bridgehead atoms. The molecule has 1 aliphatic rings. The summed E-state index contributed by atoms with van der Waals surface area (Å²) in [7, 11) is 0.502. The van der Waals surface area contributed by atoms with Crippen LogP contribution in [0.2, 0.25) is 0 Å². The largest absolute Gasteiger partial charge is 0.507 e. The van der Waals surface area contributed by atoms with Crippen LogP contribution in [-0.2, 0) is 0 Å². The number of aromatic hydroxyl groups is 1. The van der Waals surface area contributed by atoms with Crippen LogP contribution in [0.1, 0.15) is 30.4 Å². The Labute approximate surface area is 135 Å². The van der Waals surface area contributed by atoms with Gasteiger partial charge in [-0.2, -0.15) is 0 Å². The highest BCUT2D eigenvalue weighted by atomic mass is 31.1. The molecule has 0 amide bonds. The standard InChI is InChI=1S/C19H24NOP/c1-14-8-7-11-17(18(14)21)22-19-15(2)9-6-10-16(19)20-12-4-3-5-13-20/h6-11,21-22H,3-5,12-13H2,1-2H3. The van der Waals surface area contributed by atoms with E-state index >= 15 is 0 Å². The monoisotopic (exact) mass is 313 g/mol. The number of rotatable bonds is 3. The Kier molecular flexibility index (Phi) is 4.69. The summed E-state index contributed by atoms with van der Waals surface area (Å²) in [5, 5.41) is 12.8. The zero-order valence-electron chi connectivity index (χ0n) is 13.4. The lowest BCUT2D eigenvalue weighted by molar-refractivity contribution is 0.475. The van der Waals surface area contributed by atoms with Crippen molar-refractivity contribution in [1.82, 2.24) is 0 Å². The Morgan fingerprint density at radius 1 is 0.909 bits per heavy atom. The fraction of sp³-hybridized carbons (Fsp3) is 0.368. The molecule has 1 atom stereocenters. The first kappa shape index (κ1) is 15.4. The van der Waals surface area contributed by atoms with Crippen molar-refractivity contribution in [2.24, 2.45) is 0 Å². The van der Waals surface area contributed by atoms with E-state index in [2.05, 4.69) is 30.0 Å². The van der Waals surface area contributed by atoms with E-state index in [-0.39, 0.29) is 0 Å². The Morgan fingerprint density at radius 3 is 2.36 bits per heavy atom. The van der Waals surface area contributed by atoms with Crippen LogP contribution in [0, 0.1) is 13.8 Å². The van der Waals surface area contributed by atoms with Crippen LogP contribution in [0.15, 0.2) is 36.4 Å². The van der Waals surface area contributed by atoms with E-state index in [1.807, 2.05) is 25.1 Å². The zero-order chi connectivity index (χ0) is 15.5. The molecule has 2 aromatic carbocycles. The first-order chi connectivity index (χ1) is 10.7. The lowest BCUT2D eigenvalue weighted by atomic mass is 10.1. The third kappa shape index (κ3) is 3.13. The van der Waals surface area contributed by atoms with Crippen LogP contribution in [0.4, 0.5) is 5.69 Å². The SMILES string of the molecule is Cc1cccc(Pc2c(C)cccc2N2CCCCC2)c1O. The van der Waals surface area contributed by atoms with E-state index in [1.54, 1.807) is 0 Å². The number of nitrogens with zero attached hydrogens (tertiary/aromatic N) is 1. The Morgan fingerprint density at radius 2 is 1.59 bits per heavy atom. The van der Waals surface area contributed by atoms with E-state index < -0.39 is 0 Å². The third-order valence-corrected chi connectivity index (χ3v) is 6.02. The maximum Gasteiger partial charge on any atom is 0.126 e. The fourth-order valence-electron chi connectivity index (χ4n) is 3.11. The summed E-state index contributed by atoms with van der Waals surface area (Å²) >= 11 is 0. The molecular formula is C19H24NOP. The second-order valence-electron chi connectivity index (χ2n) is 6.11. The molecule has 116 valence electrons. The van der Waals surface area contributed by atoms with Crippen LogP contribution in [0.25, 0.3) is 0 Å². The van der Waals surface area contributed by atoms with Gasteiger partial charge in [-0.1, -0.05) is 38.9 Å². The molecule has 0 aromatic heterocycles. The van der Waals surface area contributed by atoms with E-state index in [0.717, 1.165) is 24.0 Å². The predicted octanol–water partition coefficient (Wildman–Crippen LogP) is 3.63. The van der Waals surface area contributed by atoms with Gasteiger partial charge in [-0.15, -0.1) is 0 Å². The van der Waals surface area contributed by atoms with Crippen molar-refractivity contribution >= 4 is 24.9 Å². The third-order valence-electron chi connectivity index (χ3n) is 4.44. The molecule has 1 saturated heterocycles. The van der Waals surface area contributed by atoms with Crippen molar-refractivity contribution in [3.8, 4) is 5.75 Å². The predicted molar refractivity (Wildman–Crippen MR) is 97.7 cm³/mol. The molecule has 3 heteroatoms. The highest BCUT2D eigenvalue weighted by Crippen LogP contribution is 2.29. The van der Waals surface area contributed by atoms with Crippen LogP contribution in [-0.4, -0.2) is 18.2 Å². The van der Waals surface area contributed by atoms with Gasteiger partial charge in [0.15, 0.2) is 0 Å². The molecule has 0 spiro atoms. The van der Waals surface area contributed by atoms with Gasteiger partial charge in [-0.05, 0) is 50.3 Å². The number of para-hydroxylation sites is 1. The maximum atomic E-state index is 10.3. The summed E-state index contributed by atoms with van der Waals surface area (Å²) in [4.78, 5) is 2.52. The maximum absolute atomic E-state index is 10.3. The van der Waals surface area contributed by atoms with Gasteiger partial charge in [0.25, 0.3) is 0 Å². The molecule has 22 heavy (non-hydrogen) atoms. The quantitative estimate of drug-likeness (QED) is 0.875. The van der Waals surface area contributed by atoms with Gasteiger partial charge in [0, 0.05) is 29.4 Å². The molecule has 1 aliphatic heterocycles. The molecule has 1 unspecified atom stereocenters. The molecule has 2 nitrogen and oxygen atoms in total. The second-order valence-corrected chi connectivity index (χ2v) is 7.40. The van der Waals surface area contributed by atoms with Crippen molar-refractivity contribution in [1.29, 1.82) is 0 Å². The number of piperidine rings is 1. The average molecular weight is 313 g/mol. The van der Waals surface area contributed by atoms with Crippen LogP contribution in [0.5, 0.6) is 5.75 Å². The number of anilines is 1. The number of hydrogen-bond acceptors (Lipinski definition) is 2. The molecule has 2 aromatic rings. The first-order valence-electron chi connectivity index (χ1n) is 8.07. The van der Waals surface area contributed by atoms with Crippen molar-refractivity contribution in [3.05, 3.63) is 47.5 Å². The van der Waals surface area contributed by atoms with E-state index in [9.17, 15) is 5.11 Å². The van der Waals surface area contributed by atoms with Gasteiger partial charge < -0.3 is 10.0 Å². The summed E-state index contributed by atoms with van der Waals surface area (Å²) in [6.07, 6.45) is 3.91. The Balaban J connectivity index is 1.97. The fourth-order valence-corrected chi connectivity index (χ4v) is 4.52. The molecule has 0 radical (unpaired) electrons. The second kappa shape index (κ2) is 6.71. The van der Waals surface area contributed by atoms with Gasteiger partial charge in [-0.3, -0.25) is 0 Å². The normalized spacial score (nSPS) is 15.6. The number of benzene rings is 2. The molecule has 3 rings (SSSR count). The smallest absolute Gasteiger partial charge is 0.126 e. The van der Waals surface area contributed by atoms with Gasteiger partial charge in [-0.25, -0.2) is 0 Å². The topological polar surface area (TPSA) is 23.5 Å². The van der Waals surface area contributed by atoms with Crippen LogP contribution < -0.4 is 15.5 Å². The minimum Gasteiger partial charge on any atom is -0.507 e. The van der Waals surface area contributed by atoms with Crippen molar-refractivity contribution in [3.63, 3.8) is 0 Å². The van der Waals surface area contributed by atoms with Crippen LogP contribution >= 0.6 is 8.58 Å². The molecule has 1 N–H and O–H groups in total. The molecule has 1 heterocycles. The van der Waals surface area contributed by atoms with Gasteiger partial charge in [0.1, 0.15) is 5.75 Å². The lowest BCUT2D eigenvalue weighted by Gasteiger charge is -2.31. The highest BCUT2D eigenvalue weighted by Gasteiger charge is 2.17. The number of hydrogen-bond donors (Lipinski definition) is 1. The molecule has 1 fully saturated rings. The Bertz CT molecular complexity index is 662. The lowest BCUT2D eigenvalue weighted by Crippen LogP contribution is -2.33. The van der Waals surface area contributed by atoms with Crippen molar-refractivity contribution < 1.29 is 5.11 Å². The van der Waals surface area contributed by atoms with E-state index in [1.165, 1.54) is 35.8 Å². The summed E-state index contributed by atoms with van der Waals surface area (Å²) < 4.78 is 0. The summed E-state index contributed by atoms with van der Waals surface area (Å²) in [5.41, 5.74) is 3.64. The molecule has 0 saturated carbocycles. The summed E-state index contributed by atoms with van der Waals surface area (Å²) in [6, 6.07) is 12.6. The van der Waals surface area contributed by atoms with Crippen molar-refractivity contribution in [2.75, 3.05) is 18.0 Å². The summed E-state index contributed by atoms with van der Waals surface area (Å²) in [6.45, 7) is 6.46. The zero-order valence-corrected chi connectivity index (χ0v) is 14.4. The summed E-state index contributed by atoms with van der Waals surface area (Å²) in [5.74, 6) is 0.452. The van der Waals surface area contributed by atoms with Gasteiger partial charge >= 0.3 is 0 Å². The van der Waals surface area contributed by atoms with Crippen molar-refractivity contribution in [2.45, 2.75) is 33.1 Å². The highest BCUT2D eigenvalue weighted by molar-refractivity contribution is 7.56. The number of phenolic OH excluding ortho intramolecular Hbond substituents is 1. The van der Waals surface area contributed by atoms with E-state index in [0.29, 0.717) is 14.3 Å². The minimum absolute atomic E-state index is 0.452. The Hall–Kier alpha value is -1.53. The molecule has 0 aliphatic carbocycles. The number of aryl methyl sites for hydroxylation is 2. The van der Waals surface area contributed by atoms with Gasteiger partial charge in [0.05, 0.1) is 0 Å².